The van der Waals surface area contributed by atoms with Crippen LogP contribution in [0.5, 0.6) is 17.4 Å². The van der Waals surface area contributed by atoms with Gasteiger partial charge in [0.15, 0.2) is 0 Å². The highest BCUT2D eigenvalue weighted by Crippen LogP contribution is 2.25. The number of nitrogens with zero attached hydrogens (tertiary/aromatic N) is 2. The summed E-state index contributed by atoms with van der Waals surface area (Å²) in [5.41, 5.74) is 0. The summed E-state index contributed by atoms with van der Waals surface area (Å²) < 4.78 is 39.3. The number of carbonyl (C=O) groups is 1. The molecule has 9 nitrogen and oxygen atoms in total. The summed E-state index contributed by atoms with van der Waals surface area (Å²) in [6.07, 6.45) is 1.27. The van der Waals surface area contributed by atoms with Crippen LogP contribution in [0.2, 0.25) is 0 Å². The molecule has 1 N–H and O–H groups in total. The molecule has 0 saturated heterocycles. The molecular formula is C23H24N2O7S2. The molecule has 1 aromatic heterocycles. The van der Waals surface area contributed by atoms with Crippen LogP contribution in [0.15, 0.2) is 82.3 Å². The Balaban J connectivity index is 1.81. The highest BCUT2D eigenvalue weighted by atomic mass is 32.2. The van der Waals surface area contributed by atoms with Crippen LogP contribution >= 0.6 is 11.3 Å². The van der Waals surface area contributed by atoms with Crippen molar-refractivity contribution in [1.29, 1.82) is 0 Å². The fraction of sp³-hybridized carbons (Fsp3) is 0.217. The second-order valence-corrected chi connectivity index (χ2v) is 9.96. The van der Waals surface area contributed by atoms with Gasteiger partial charge >= 0.3 is 10.8 Å². The quantitative estimate of drug-likeness (QED) is 0.315. The number of aromatic nitrogens is 1. The zero-order valence-corrected chi connectivity index (χ0v) is 20.0. The van der Waals surface area contributed by atoms with Gasteiger partial charge in [0.25, 0.3) is 0 Å². The molecule has 3 rings (SSSR count). The monoisotopic (exact) mass is 504 g/mol. The number of esters is 1. The van der Waals surface area contributed by atoms with Crippen LogP contribution in [-0.4, -0.2) is 48.1 Å². The lowest BCUT2D eigenvalue weighted by Crippen LogP contribution is -2.44. The lowest BCUT2D eigenvalue weighted by molar-refractivity contribution is -0.147. The van der Waals surface area contributed by atoms with Crippen molar-refractivity contribution >= 4 is 27.3 Å². The lowest BCUT2D eigenvalue weighted by atomic mass is 10.2. The SMILES string of the molecule is C=CCOC(=O)C(CCn1c(O)csc1=O)N(C)S(=O)(=O)c1ccc(Oc2ccccc2)cc1. The number of hydrogen-bond donors (Lipinski definition) is 1. The maximum Gasteiger partial charge on any atom is 0.324 e. The summed E-state index contributed by atoms with van der Waals surface area (Å²) in [5, 5.41) is 11.1. The zero-order valence-electron chi connectivity index (χ0n) is 18.4. The molecule has 0 fully saturated rings. The molecule has 0 aliphatic rings. The number of sulfonamides is 1. The van der Waals surface area contributed by atoms with Crippen LogP contribution in [0.25, 0.3) is 0 Å². The Kier molecular flexibility index (Phi) is 8.26. The molecule has 2 aromatic carbocycles. The molecule has 0 spiro atoms. The van der Waals surface area contributed by atoms with E-state index in [2.05, 4.69) is 6.58 Å². The van der Waals surface area contributed by atoms with E-state index >= 15 is 0 Å². The van der Waals surface area contributed by atoms with Gasteiger partial charge in [0.2, 0.25) is 15.9 Å². The van der Waals surface area contributed by atoms with Crippen molar-refractivity contribution in [2.75, 3.05) is 13.7 Å². The van der Waals surface area contributed by atoms with Crippen molar-refractivity contribution in [3.63, 3.8) is 0 Å². The summed E-state index contributed by atoms with van der Waals surface area (Å²) in [6.45, 7) is 3.31. The third-order valence-electron chi connectivity index (χ3n) is 4.92. The Morgan fingerprint density at radius 2 is 1.82 bits per heavy atom. The number of para-hydroxylation sites is 1. The van der Waals surface area contributed by atoms with Crippen LogP contribution in [-0.2, 0) is 26.1 Å². The Hall–Kier alpha value is -3.41. The van der Waals surface area contributed by atoms with E-state index in [9.17, 15) is 23.1 Å². The minimum Gasteiger partial charge on any atom is -0.494 e. The van der Waals surface area contributed by atoms with Gasteiger partial charge in [-0.25, -0.2) is 8.42 Å². The molecule has 1 heterocycles. The predicted octanol–water partition coefficient (Wildman–Crippen LogP) is 3.22. The minimum atomic E-state index is -4.11. The second kappa shape index (κ2) is 11.1. The molecule has 1 atom stereocenters. The highest BCUT2D eigenvalue weighted by Gasteiger charge is 2.34. The van der Waals surface area contributed by atoms with E-state index in [0.717, 1.165) is 20.2 Å². The largest absolute Gasteiger partial charge is 0.494 e. The molecule has 3 aromatic rings. The van der Waals surface area contributed by atoms with Gasteiger partial charge in [0.05, 0.1) is 10.3 Å². The molecule has 0 radical (unpaired) electrons. The molecule has 1 unspecified atom stereocenters. The molecule has 0 saturated carbocycles. The minimum absolute atomic E-state index is 0.0486. The van der Waals surface area contributed by atoms with E-state index < -0.39 is 26.9 Å². The zero-order chi connectivity index (χ0) is 24.7. The molecule has 0 aliphatic carbocycles. The highest BCUT2D eigenvalue weighted by molar-refractivity contribution is 7.89. The topological polar surface area (TPSA) is 115 Å². The van der Waals surface area contributed by atoms with Gasteiger partial charge in [0.1, 0.15) is 24.1 Å². The van der Waals surface area contributed by atoms with Crippen molar-refractivity contribution in [1.82, 2.24) is 8.87 Å². The Morgan fingerprint density at radius 1 is 1.18 bits per heavy atom. The predicted molar refractivity (Wildman–Crippen MR) is 128 cm³/mol. The number of carbonyl (C=O) groups excluding carboxylic acids is 1. The van der Waals surface area contributed by atoms with Gasteiger partial charge in [-0.1, -0.05) is 42.2 Å². The second-order valence-electron chi connectivity index (χ2n) is 7.14. The summed E-state index contributed by atoms with van der Waals surface area (Å²) in [6, 6.07) is 13.6. The summed E-state index contributed by atoms with van der Waals surface area (Å²) in [5.74, 6) is -0.000249. The normalized spacial score (nSPS) is 12.3. The smallest absolute Gasteiger partial charge is 0.324 e. The van der Waals surface area contributed by atoms with Gasteiger partial charge in [-0.15, -0.1) is 0 Å². The van der Waals surface area contributed by atoms with Gasteiger partial charge in [-0.2, -0.15) is 4.31 Å². The average Bonchev–Trinajstić information content (AvgIpc) is 3.15. The van der Waals surface area contributed by atoms with Gasteiger partial charge < -0.3 is 14.6 Å². The van der Waals surface area contributed by atoms with Crippen LogP contribution in [0.3, 0.4) is 0 Å². The number of hydrogen-bond acceptors (Lipinski definition) is 8. The molecule has 0 bridgehead atoms. The number of rotatable bonds is 11. The fourth-order valence-corrected chi connectivity index (χ4v) is 5.09. The number of likely N-dealkylation sites (N-methyl/N-ethyl adjacent to an activating group) is 1. The van der Waals surface area contributed by atoms with E-state index in [-0.39, 0.29) is 30.3 Å². The van der Waals surface area contributed by atoms with Crippen molar-refractivity contribution in [2.24, 2.45) is 0 Å². The van der Waals surface area contributed by atoms with Crippen LogP contribution in [0, 0.1) is 0 Å². The first-order valence-corrected chi connectivity index (χ1v) is 12.5. The number of thiazole rings is 1. The van der Waals surface area contributed by atoms with Crippen molar-refractivity contribution in [3.8, 4) is 17.4 Å². The fourth-order valence-electron chi connectivity index (χ4n) is 3.10. The molecule has 0 amide bonds. The Bertz CT molecular complexity index is 1280. The van der Waals surface area contributed by atoms with E-state index in [1.807, 2.05) is 18.2 Å². The Labute approximate surface area is 201 Å². The van der Waals surface area contributed by atoms with Crippen LogP contribution in [0.1, 0.15) is 6.42 Å². The molecule has 0 aliphatic heterocycles. The third-order valence-corrected chi connectivity index (χ3v) is 7.55. The first-order chi connectivity index (χ1) is 16.2. The lowest BCUT2D eigenvalue weighted by Gasteiger charge is -2.26. The Morgan fingerprint density at radius 3 is 2.41 bits per heavy atom. The molecule has 180 valence electrons. The summed E-state index contributed by atoms with van der Waals surface area (Å²) in [4.78, 5) is 24.1. The van der Waals surface area contributed by atoms with E-state index in [4.69, 9.17) is 9.47 Å². The first-order valence-electron chi connectivity index (χ1n) is 10.2. The van der Waals surface area contributed by atoms with Gasteiger partial charge in [0, 0.05) is 13.6 Å². The maximum atomic E-state index is 13.3. The van der Waals surface area contributed by atoms with E-state index in [1.165, 1.54) is 42.8 Å². The number of aromatic hydroxyl groups is 1. The van der Waals surface area contributed by atoms with Crippen LogP contribution < -0.4 is 9.61 Å². The maximum absolute atomic E-state index is 13.3. The summed E-state index contributed by atoms with van der Waals surface area (Å²) >= 11 is 0.802. The molecule has 34 heavy (non-hydrogen) atoms. The van der Waals surface area contributed by atoms with Gasteiger partial charge in [-0.3, -0.25) is 14.2 Å². The summed E-state index contributed by atoms with van der Waals surface area (Å²) in [7, 11) is -2.84. The standard InChI is InChI=1S/C23H24N2O7S2/c1-3-15-31-22(27)20(13-14-25-21(26)16-33-23(25)28)24(2)34(29,30)19-11-9-18(10-12-19)32-17-7-5-4-6-8-17/h3-12,16,20,26H,1,13-15H2,2H3. The third kappa shape index (κ3) is 5.93. The number of benzene rings is 2. The number of ether oxygens (including phenoxy) is 2. The molecular weight excluding hydrogens is 480 g/mol. The van der Waals surface area contributed by atoms with E-state index in [0.29, 0.717) is 11.5 Å². The van der Waals surface area contributed by atoms with Crippen molar-refractivity contribution in [2.45, 2.75) is 23.9 Å². The average molecular weight is 505 g/mol. The molecule has 11 heteroatoms. The van der Waals surface area contributed by atoms with Crippen molar-refractivity contribution < 1.29 is 27.8 Å². The van der Waals surface area contributed by atoms with Crippen molar-refractivity contribution in [3.05, 3.63) is 82.3 Å². The van der Waals surface area contributed by atoms with Gasteiger partial charge in [-0.05, 0) is 42.8 Å². The van der Waals surface area contributed by atoms with E-state index in [1.54, 1.807) is 12.1 Å². The first kappa shape index (κ1) is 25.2. The van der Waals surface area contributed by atoms with Crippen LogP contribution in [0.4, 0.5) is 0 Å².